The first-order valence-corrected chi connectivity index (χ1v) is 7.48. The lowest BCUT2D eigenvalue weighted by molar-refractivity contribution is 0.255. The van der Waals surface area contributed by atoms with Gasteiger partial charge in [-0.3, -0.25) is 0 Å². The Morgan fingerprint density at radius 1 is 1.24 bits per heavy atom. The van der Waals surface area contributed by atoms with Gasteiger partial charge in [0.1, 0.15) is 0 Å². The summed E-state index contributed by atoms with van der Waals surface area (Å²) in [5.41, 5.74) is 2.62. The van der Waals surface area contributed by atoms with E-state index in [4.69, 9.17) is 11.6 Å². The van der Waals surface area contributed by atoms with Gasteiger partial charge in [0.15, 0.2) is 0 Å². The zero-order chi connectivity index (χ0) is 15.2. The van der Waals surface area contributed by atoms with Crippen LogP contribution < -0.4 is 10.6 Å². The summed E-state index contributed by atoms with van der Waals surface area (Å²) in [6.07, 6.45) is 3.42. The molecule has 0 aromatic heterocycles. The molecule has 0 bridgehead atoms. The molecule has 0 atom stereocenters. The Kier molecular flexibility index (Phi) is 5.42. The van der Waals surface area contributed by atoms with Crippen molar-refractivity contribution >= 4 is 45.3 Å². The van der Waals surface area contributed by atoms with Crippen LogP contribution in [0.25, 0.3) is 6.08 Å². The fraction of sp³-hybridized carbons (Fsp3) is 0.0625. The smallest absolute Gasteiger partial charge is 0.314 e. The molecule has 5 heteroatoms. The number of nitrogens with one attached hydrogen (secondary N) is 2. The number of halogens is 2. The second-order valence-corrected chi connectivity index (χ2v) is 5.70. The third kappa shape index (κ3) is 4.62. The largest absolute Gasteiger partial charge is 0.323 e. The van der Waals surface area contributed by atoms with Crippen LogP contribution >= 0.6 is 27.5 Å². The molecule has 108 valence electrons. The third-order valence-electron chi connectivity index (χ3n) is 2.82. The summed E-state index contributed by atoms with van der Waals surface area (Å²) in [6, 6.07) is 12.8. The lowest BCUT2D eigenvalue weighted by Gasteiger charge is -2.08. The highest BCUT2D eigenvalue weighted by Crippen LogP contribution is 2.19. The van der Waals surface area contributed by atoms with Gasteiger partial charge in [-0.15, -0.1) is 0 Å². The second-order valence-electron chi connectivity index (χ2n) is 4.41. The van der Waals surface area contributed by atoms with Gasteiger partial charge in [-0.05, 0) is 48.4 Å². The second kappa shape index (κ2) is 7.29. The first-order chi connectivity index (χ1) is 10.1. The zero-order valence-electron chi connectivity index (χ0n) is 11.4. The van der Waals surface area contributed by atoms with Crippen molar-refractivity contribution in [3.63, 3.8) is 0 Å². The lowest BCUT2D eigenvalue weighted by Crippen LogP contribution is -2.24. The number of carbonyl (C=O) groups excluding carboxylic acids is 1. The topological polar surface area (TPSA) is 41.1 Å². The van der Waals surface area contributed by atoms with Crippen LogP contribution in [0.4, 0.5) is 10.5 Å². The van der Waals surface area contributed by atoms with Gasteiger partial charge in [0.2, 0.25) is 0 Å². The number of carbonyl (C=O) groups is 1. The van der Waals surface area contributed by atoms with Gasteiger partial charge < -0.3 is 10.6 Å². The molecule has 0 radical (unpaired) electrons. The summed E-state index contributed by atoms with van der Waals surface area (Å²) in [5.74, 6) is 0. The van der Waals surface area contributed by atoms with Crippen LogP contribution in [0.2, 0.25) is 5.02 Å². The summed E-state index contributed by atoms with van der Waals surface area (Å²) in [4.78, 5) is 11.8. The van der Waals surface area contributed by atoms with E-state index in [0.29, 0.717) is 5.02 Å². The molecule has 2 rings (SSSR count). The Labute approximate surface area is 137 Å². The van der Waals surface area contributed by atoms with Gasteiger partial charge in [-0.25, -0.2) is 4.79 Å². The molecule has 2 N–H and O–H groups in total. The minimum absolute atomic E-state index is 0.302. The molecule has 0 heterocycles. The van der Waals surface area contributed by atoms with Crippen molar-refractivity contribution in [2.24, 2.45) is 0 Å². The number of amides is 2. The fourth-order valence-corrected chi connectivity index (χ4v) is 2.39. The van der Waals surface area contributed by atoms with Gasteiger partial charge >= 0.3 is 6.03 Å². The molecular weight excluding hydrogens is 352 g/mol. The van der Waals surface area contributed by atoms with Crippen LogP contribution in [-0.2, 0) is 0 Å². The van der Waals surface area contributed by atoms with Crippen LogP contribution in [0.3, 0.4) is 0 Å². The number of benzene rings is 2. The molecular formula is C16H14BrClN2O. The maximum atomic E-state index is 11.8. The highest BCUT2D eigenvalue weighted by atomic mass is 79.9. The van der Waals surface area contributed by atoms with E-state index in [-0.39, 0.29) is 6.03 Å². The summed E-state index contributed by atoms with van der Waals surface area (Å²) >= 11 is 9.32. The van der Waals surface area contributed by atoms with Crippen LogP contribution in [0.1, 0.15) is 11.1 Å². The minimum atomic E-state index is -0.302. The average Bonchev–Trinajstić information content (AvgIpc) is 2.44. The van der Waals surface area contributed by atoms with E-state index < -0.39 is 0 Å². The SMILES string of the molecule is Cc1cc(Cl)ccc1NC(=O)N/C=C/c1ccccc1Br. The summed E-state index contributed by atoms with van der Waals surface area (Å²) < 4.78 is 0.969. The molecule has 0 saturated carbocycles. The maximum Gasteiger partial charge on any atom is 0.323 e. The molecule has 0 unspecified atom stereocenters. The molecule has 2 aromatic rings. The normalized spacial score (nSPS) is 10.6. The van der Waals surface area contributed by atoms with E-state index >= 15 is 0 Å². The number of rotatable bonds is 3. The van der Waals surface area contributed by atoms with E-state index in [1.165, 1.54) is 0 Å². The van der Waals surface area contributed by atoms with E-state index in [2.05, 4.69) is 26.6 Å². The van der Waals surface area contributed by atoms with Crippen LogP contribution in [-0.4, -0.2) is 6.03 Å². The number of urea groups is 1. The van der Waals surface area contributed by atoms with Crippen molar-refractivity contribution in [3.8, 4) is 0 Å². The predicted octanol–water partition coefficient (Wildman–Crippen LogP) is 5.20. The summed E-state index contributed by atoms with van der Waals surface area (Å²) in [5, 5.41) is 6.08. The predicted molar refractivity (Wildman–Crippen MR) is 91.5 cm³/mol. The van der Waals surface area contributed by atoms with Crippen molar-refractivity contribution in [2.75, 3.05) is 5.32 Å². The Bertz CT molecular complexity index is 686. The van der Waals surface area contributed by atoms with E-state index in [9.17, 15) is 4.79 Å². The highest BCUT2D eigenvalue weighted by molar-refractivity contribution is 9.10. The van der Waals surface area contributed by atoms with Gasteiger partial charge in [-0.2, -0.15) is 0 Å². The lowest BCUT2D eigenvalue weighted by atomic mass is 10.2. The molecule has 3 nitrogen and oxygen atoms in total. The maximum absolute atomic E-state index is 11.8. The Hall–Kier alpha value is -1.78. The van der Waals surface area contributed by atoms with Gasteiger partial charge in [-0.1, -0.05) is 45.7 Å². The first kappa shape index (κ1) is 15.6. The van der Waals surface area contributed by atoms with Crippen LogP contribution in [0.5, 0.6) is 0 Å². The standard InChI is InChI=1S/C16H14BrClN2O/c1-11-10-13(18)6-7-15(11)20-16(21)19-9-8-12-4-2-3-5-14(12)17/h2-10H,1H3,(H2,19,20,21)/b9-8+. The Morgan fingerprint density at radius 3 is 2.71 bits per heavy atom. The van der Waals surface area contributed by atoms with Crippen LogP contribution in [0, 0.1) is 6.92 Å². The first-order valence-electron chi connectivity index (χ1n) is 6.31. The molecule has 2 aromatic carbocycles. The van der Waals surface area contributed by atoms with Crippen molar-refractivity contribution in [2.45, 2.75) is 6.92 Å². The highest BCUT2D eigenvalue weighted by Gasteiger charge is 2.03. The summed E-state index contributed by atoms with van der Waals surface area (Å²) in [6.45, 7) is 1.89. The molecule has 0 fully saturated rings. The van der Waals surface area contributed by atoms with Crippen molar-refractivity contribution < 1.29 is 4.79 Å². The number of hydrogen-bond acceptors (Lipinski definition) is 1. The average molecular weight is 366 g/mol. The Morgan fingerprint density at radius 2 is 2.00 bits per heavy atom. The third-order valence-corrected chi connectivity index (χ3v) is 3.78. The van der Waals surface area contributed by atoms with Gasteiger partial charge in [0, 0.05) is 21.4 Å². The number of aryl methyl sites for hydroxylation is 1. The van der Waals surface area contributed by atoms with Gasteiger partial charge in [0.25, 0.3) is 0 Å². The molecule has 0 aliphatic carbocycles. The quantitative estimate of drug-likeness (QED) is 0.771. The van der Waals surface area contributed by atoms with Gasteiger partial charge in [0.05, 0.1) is 0 Å². The van der Waals surface area contributed by atoms with Crippen LogP contribution in [0.15, 0.2) is 53.1 Å². The molecule has 21 heavy (non-hydrogen) atoms. The van der Waals surface area contributed by atoms with Crippen molar-refractivity contribution in [3.05, 3.63) is 69.3 Å². The van der Waals surface area contributed by atoms with E-state index in [0.717, 1.165) is 21.3 Å². The number of hydrogen-bond donors (Lipinski definition) is 2. The molecule has 0 aliphatic heterocycles. The molecule has 0 aliphatic rings. The molecule has 0 spiro atoms. The van der Waals surface area contributed by atoms with E-state index in [1.54, 1.807) is 24.4 Å². The van der Waals surface area contributed by atoms with Crippen molar-refractivity contribution in [1.29, 1.82) is 0 Å². The number of anilines is 1. The fourth-order valence-electron chi connectivity index (χ4n) is 1.74. The van der Waals surface area contributed by atoms with Crippen molar-refractivity contribution in [1.82, 2.24) is 5.32 Å². The van der Waals surface area contributed by atoms with E-state index in [1.807, 2.05) is 37.3 Å². The molecule has 2 amide bonds. The molecule has 0 saturated heterocycles. The monoisotopic (exact) mass is 364 g/mol. The zero-order valence-corrected chi connectivity index (χ0v) is 13.7. The summed E-state index contributed by atoms with van der Waals surface area (Å²) in [7, 11) is 0. The minimum Gasteiger partial charge on any atom is -0.314 e. The Balaban J connectivity index is 1.95.